The number of carbonyl (C=O) groups excluding carboxylic acids is 1. The summed E-state index contributed by atoms with van der Waals surface area (Å²) in [6, 6.07) is 10.1. The van der Waals surface area contributed by atoms with Crippen LogP contribution in [0.25, 0.3) is 0 Å². The van der Waals surface area contributed by atoms with Gasteiger partial charge in [0.1, 0.15) is 0 Å². The van der Waals surface area contributed by atoms with Crippen LogP contribution in [-0.4, -0.2) is 5.91 Å². The van der Waals surface area contributed by atoms with Crippen LogP contribution in [0, 0.1) is 0 Å². The van der Waals surface area contributed by atoms with Crippen LogP contribution < -0.4 is 4.90 Å². The van der Waals surface area contributed by atoms with E-state index in [-0.39, 0.29) is 5.91 Å². The van der Waals surface area contributed by atoms with Gasteiger partial charge in [-0.15, -0.1) is 0 Å². The number of rotatable bonds is 1. The Kier molecular flexibility index (Phi) is 2.71. The van der Waals surface area contributed by atoms with Gasteiger partial charge in [-0.2, -0.15) is 0 Å². The van der Waals surface area contributed by atoms with Gasteiger partial charge in [0.15, 0.2) is 0 Å². The maximum Gasteiger partial charge on any atom is 0.231 e. The number of carbonyl (C=O) groups is 1. The molecule has 0 atom stereocenters. The average molecular weight is 227 g/mol. The van der Waals surface area contributed by atoms with Gasteiger partial charge in [0, 0.05) is 17.8 Å². The molecule has 1 aromatic rings. The van der Waals surface area contributed by atoms with E-state index in [0.29, 0.717) is 6.42 Å². The van der Waals surface area contributed by atoms with Crippen molar-refractivity contribution in [2.24, 2.45) is 0 Å². The van der Waals surface area contributed by atoms with Crippen LogP contribution >= 0.6 is 0 Å². The molecule has 0 aromatic heterocycles. The SMILES string of the molecule is O=C1CCC2=C(CCCC2)N1c1ccccc1. The number of hydrogen-bond acceptors (Lipinski definition) is 1. The van der Waals surface area contributed by atoms with Gasteiger partial charge in [-0.05, 0) is 49.8 Å². The first-order valence-electron chi connectivity index (χ1n) is 6.45. The molecule has 0 bridgehead atoms. The molecule has 0 radical (unpaired) electrons. The van der Waals surface area contributed by atoms with Crippen LogP contribution in [0.3, 0.4) is 0 Å². The Hall–Kier alpha value is -1.57. The Labute approximate surface area is 102 Å². The topological polar surface area (TPSA) is 20.3 Å². The van der Waals surface area contributed by atoms with Crippen molar-refractivity contribution in [2.45, 2.75) is 38.5 Å². The van der Waals surface area contributed by atoms with E-state index < -0.39 is 0 Å². The molecular formula is C15H17NO. The second-order valence-electron chi connectivity index (χ2n) is 4.82. The van der Waals surface area contributed by atoms with E-state index in [0.717, 1.165) is 18.5 Å². The van der Waals surface area contributed by atoms with Crippen LogP contribution in [0.2, 0.25) is 0 Å². The van der Waals surface area contributed by atoms with Crippen LogP contribution in [0.5, 0.6) is 0 Å². The summed E-state index contributed by atoms with van der Waals surface area (Å²) >= 11 is 0. The zero-order valence-electron chi connectivity index (χ0n) is 9.98. The lowest BCUT2D eigenvalue weighted by Crippen LogP contribution is -2.35. The molecule has 0 fully saturated rings. The van der Waals surface area contributed by atoms with E-state index in [4.69, 9.17) is 0 Å². The number of para-hydroxylation sites is 1. The Balaban J connectivity index is 2.03. The number of anilines is 1. The molecule has 0 saturated heterocycles. The van der Waals surface area contributed by atoms with Crippen LogP contribution in [-0.2, 0) is 4.79 Å². The largest absolute Gasteiger partial charge is 0.285 e. The van der Waals surface area contributed by atoms with Gasteiger partial charge < -0.3 is 0 Å². The van der Waals surface area contributed by atoms with E-state index in [1.165, 1.54) is 30.5 Å². The first-order valence-corrected chi connectivity index (χ1v) is 6.45. The molecule has 0 unspecified atom stereocenters. The molecular weight excluding hydrogens is 210 g/mol. The minimum atomic E-state index is 0.261. The summed E-state index contributed by atoms with van der Waals surface area (Å²) < 4.78 is 0. The van der Waals surface area contributed by atoms with Crippen molar-refractivity contribution in [1.29, 1.82) is 0 Å². The fourth-order valence-electron chi connectivity index (χ4n) is 2.89. The fraction of sp³-hybridized carbons (Fsp3) is 0.400. The molecule has 2 aliphatic rings. The molecule has 88 valence electrons. The molecule has 0 saturated carbocycles. The molecule has 1 aromatic carbocycles. The van der Waals surface area contributed by atoms with E-state index >= 15 is 0 Å². The fourth-order valence-corrected chi connectivity index (χ4v) is 2.89. The Morgan fingerprint density at radius 2 is 1.65 bits per heavy atom. The molecule has 2 heteroatoms. The number of nitrogens with zero attached hydrogens (tertiary/aromatic N) is 1. The smallest absolute Gasteiger partial charge is 0.231 e. The lowest BCUT2D eigenvalue weighted by atomic mass is 9.89. The quantitative estimate of drug-likeness (QED) is 0.717. The van der Waals surface area contributed by atoms with E-state index in [1.807, 2.05) is 35.2 Å². The molecule has 2 nitrogen and oxygen atoms in total. The van der Waals surface area contributed by atoms with Gasteiger partial charge >= 0.3 is 0 Å². The number of hydrogen-bond donors (Lipinski definition) is 0. The Bertz CT molecular complexity index is 461. The number of benzene rings is 1. The first kappa shape index (κ1) is 10.6. The summed E-state index contributed by atoms with van der Waals surface area (Å²) in [4.78, 5) is 14.1. The van der Waals surface area contributed by atoms with E-state index in [9.17, 15) is 4.79 Å². The van der Waals surface area contributed by atoms with Crippen molar-refractivity contribution in [3.05, 3.63) is 41.6 Å². The maximum absolute atomic E-state index is 12.1. The van der Waals surface area contributed by atoms with Crippen molar-refractivity contribution in [3.63, 3.8) is 0 Å². The molecule has 1 aliphatic carbocycles. The highest BCUT2D eigenvalue weighted by Gasteiger charge is 2.28. The molecule has 0 N–H and O–H groups in total. The normalized spacial score (nSPS) is 20.5. The van der Waals surface area contributed by atoms with Crippen molar-refractivity contribution in [3.8, 4) is 0 Å². The third kappa shape index (κ3) is 1.88. The monoisotopic (exact) mass is 227 g/mol. The second-order valence-corrected chi connectivity index (χ2v) is 4.82. The third-order valence-corrected chi connectivity index (χ3v) is 3.72. The number of amides is 1. The van der Waals surface area contributed by atoms with Crippen molar-refractivity contribution in [2.75, 3.05) is 4.90 Å². The lowest BCUT2D eigenvalue weighted by Gasteiger charge is -2.34. The minimum Gasteiger partial charge on any atom is -0.285 e. The van der Waals surface area contributed by atoms with Gasteiger partial charge in [0.2, 0.25) is 5.91 Å². The first-order chi connectivity index (χ1) is 8.36. The van der Waals surface area contributed by atoms with Crippen molar-refractivity contribution < 1.29 is 4.79 Å². The van der Waals surface area contributed by atoms with Gasteiger partial charge in [-0.3, -0.25) is 9.69 Å². The summed E-state index contributed by atoms with van der Waals surface area (Å²) in [6.45, 7) is 0. The van der Waals surface area contributed by atoms with Crippen LogP contribution in [0.15, 0.2) is 41.6 Å². The van der Waals surface area contributed by atoms with Crippen LogP contribution in [0.4, 0.5) is 5.69 Å². The zero-order chi connectivity index (χ0) is 11.7. The zero-order valence-corrected chi connectivity index (χ0v) is 9.98. The second kappa shape index (κ2) is 4.36. The summed E-state index contributed by atoms with van der Waals surface area (Å²) in [5, 5.41) is 0. The molecule has 1 amide bonds. The summed E-state index contributed by atoms with van der Waals surface area (Å²) in [5.41, 5.74) is 3.84. The predicted octanol–water partition coefficient (Wildman–Crippen LogP) is 3.64. The Morgan fingerprint density at radius 1 is 0.882 bits per heavy atom. The molecule has 1 aliphatic heterocycles. The van der Waals surface area contributed by atoms with Gasteiger partial charge in [0.05, 0.1) is 0 Å². The maximum atomic E-state index is 12.1. The highest BCUT2D eigenvalue weighted by molar-refractivity contribution is 5.97. The van der Waals surface area contributed by atoms with Crippen molar-refractivity contribution >= 4 is 11.6 Å². The molecule has 1 heterocycles. The van der Waals surface area contributed by atoms with Crippen LogP contribution in [0.1, 0.15) is 38.5 Å². The molecule has 3 rings (SSSR count). The third-order valence-electron chi connectivity index (χ3n) is 3.72. The van der Waals surface area contributed by atoms with Crippen molar-refractivity contribution in [1.82, 2.24) is 0 Å². The van der Waals surface area contributed by atoms with Gasteiger partial charge in [-0.25, -0.2) is 0 Å². The summed E-state index contributed by atoms with van der Waals surface area (Å²) in [7, 11) is 0. The summed E-state index contributed by atoms with van der Waals surface area (Å²) in [6.07, 6.45) is 6.41. The summed E-state index contributed by atoms with van der Waals surface area (Å²) in [5.74, 6) is 0.261. The van der Waals surface area contributed by atoms with Gasteiger partial charge in [-0.1, -0.05) is 18.2 Å². The highest BCUT2D eigenvalue weighted by Crippen LogP contribution is 2.36. The predicted molar refractivity (Wildman–Crippen MR) is 68.7 cm³/mol. The minimum absolute atomic E-state index is 0.261. The number of allylic oxidation sites excluding steroid dienone is 2. The molecule has 17 heavy (non-hydrogen) atoms. The highest BCUT2D eigenvalue weighted by atomic mass is 16.2. The average Bonchev–Trinajstić information content (AvgIpc) is 2.39. The van der Waals surface area contributed by atoms with E-state index in [2.05, 4.69) is 0 Å². The molecule has 0 spiro atoms. The standard InChI is InChI=1S/C15H17NO/c17-15-11-10-12-6-4-5-9-14(12)16(15)13-7-2-1-3-8-13/h1-3,7-8H,4-6,9-11H2. The van der Waals surface area contributed by atoms with E-state index in [1.54, 1.807) is 0 Å². The lowest BCUT2D eigenvalue weighted by molar-refractivity contribution is -0.118. The van der Waals surface area contributed by atoms with Gasteiger partial charge in [0.25, 0.3) is 0 Å². The Morgan fingerprint density at radius 3 is 2.47 bits per heavy atom.